The first-order chi connectivity index (χ1) is 13.5. The number of aryl methyl sites for hydroxylation is 1. The number of anilines is 2. The van der Waals surface area contributed by atoms with Gasteiger partial charge in [0.1, 0.15) is 32.0 Å². The quantitative estimate of drug-likeness (QED) is 0.541. The molecule has 0 bridgehead atoms. The highest BCUT2D eigenvalue weighted by molar-refractivity contribution is 5.92. The van der Waals surface area contributed by atoms with Gasteiger partial charge in [-0.1, -0.05) is 12.1 Å². The molecule has 0 saturated carbocycles. The van der Waals surface area contributed by atoms with E-state index in [4.69, 9.17) is 0 Å². The Balaban J connectivity index is 1.38. The van der Waals surface area contributed by atoms with Crippen LogP contribution in [0.1, 0.15) is 5.56 Å². The molecule has 148 valence electrons. The molecular formula is C21H27FN4O2+2. The van der Waals surface area contributed by atoms with Gasteiger partial charge < -0.3 is 20.4 Å². The molecule has 1 aliphatic rings. The minimum atomic E-state index is -0.325. The zero-order chi connectivity index (χ0) is 19.9. The van der Waals surface area contributed by atoms with Gasteiger partial charge in [-0.15, -0.1) is 0 Å². The van der Waals surface area contributed by atoms with Crippen LogP contribution >= 0.6 is 0 Å². The Hall–Kier alpha value is -2.77. The van der Waals surface area contributed by atoms with Crippen molar-refractivity contribution in [2.24, 2.45) is 0 Å². The van der Waals surface area contributed by atoms with Crippen molar-refractivity contribution in [1.29, 1.82) is 0 Å². The maximum absolute atomic E-state index is 12.9. The number of hydrogen-bond donors (Lipinski definition) is 4. The number of carbonyl (C=O) groups excluding carboxylic acids is 2. The average Bonchev–Trinajstić information content (AvgIpc) is 2.65. The van der Waals surface area contributed by atoms with Gasteiger partial charge in [0.25, 0.3) is 11.8 Å². The molecule has 1 saturated heterocycles. The van der Waals surface area contributed by atoms with Crippen LogP contribution in [0.3, 0.4) is 0 Å². The minimum Gasteiger partial charge on any atom is -0.321 e. The van der Waals surface area contributed by atoms with Crippen molar-refractivity contribution < 1.29 is 23.8 Å². The number of benzene rings is 2. The topological polar surface area (TPSA) is 67.1 Å². The second-order valence-corrected chi connectivity index (χ2v) is 7.33. The third-order valence-corrected chi connectivity index (χ3v) is 4.92. The van der Waals surface area contributed by atoms with Crippen LogP contribution in [-0.2, 0) is 9.59 Å². The Bertz CT molecular complexity index is 817. The lowest BCUT2D eigenvalue weighted by Crippen LogP contribution is -3.28. The molecule has 0 atom stereocenters. The largest absolute Gasteiger partial charge is 0.321 e. The highest BCUT2D eigenvalue weighted by atomic mass is 19.1. The summed E-state index contributed by atoms with van der Waals surface area (Å²) in [6.07, 6.45) is 0. The molecule has 0 aliphatic carbocycles. The Morgan fingerprint density at radius 3 is 1.93 bits per heavy atom. The van der Waals surface area contributed by atoms with Crippen LogP contribution in [0.4, 0.5) is 15.8 Å². The first kappa shape index (κ1) is 20.0. The Morgan fingerprint density at radius 1 is 0.857 bits per heavy atom. The molecule has 1 aliphatic heterocycles. The highest BCUT2D eigenvalue weighted by Gasteiger charge is 2.26. The lowest BCUT2D eigenvalue weighted by atomic mass is 10.2. The fourth-order valence-corrected chi connectivity index (χ4v) is 3.43. The van der Waals surface area contributed by atoms with Gasteiger partial charge in [-0.3, -0.25) is 9.59 Å². The van der Waals surface area contributed by atoms with E-state index in [9.17, 15) is 14.0 Å². The van der Waals surface area contributed by atoms with E-state index in [0.29, 0.717) is 18.8 Å². The van der Waals surface area contributed by atoms with E-state index in [0.717, 1.165) is 37.4 Å². The molecule has 3 rings (SSSR count). The van der Waals surface area contributed by atoms with Crippen LogP contribution in [0.5, 0.6) is 0 Å². The second kappa shape index (κ2) is 9.43. The molecule has 0 spiro atoms. The molecule has 1 fully saturated rings. The van der Waals surface area contributed by atoms with Gasteiger partial charge in [-0.05, 0) is 48.9 Å². The molecule has 2 aromatic carbocycles. The number of carbonyl (C=O) groups is 2. The van der Waals surface area contributed by atoms with E-state index >= 15 is 0 Å². The van der Waals surface area contributed by atoms with Crippen molar-refractivity contribution in [2.75, 3.05) is 49.9 Å². The lowest BCUT2D eigenvalue weighted by Gasteiger charge is -2.29. The SMILES string of the molecule is Cc1cccc(NC(=O)C[NH+]2CC[NH+](CC(=O)Nc3ccc(F)cc3)CC2)c1. The lowest BCUT2D eigenvalue weighted by molar-refractivity contribution is -1.00. The summed E-state index contributed by atoms with van der Waals surface area (Å²) in [5.74, 6) is -0.394. The van der Waals surface area contributed by atoms with Gasteiger partial charge in [-0.2, -0.15) is 0 Å². The molecule has 2 aromatic rings. The summed E-state index contributed by atoms with van der Waals surface area (Å²) in [7, 11) is 0. The molecule has 4 N–H and O–H groups in total. The molecule has 7 heteroatoms. The van der Waals surface area contributed by atoms with E-state index in [1.807, 2.05) is 31.2 Å². The monoisotopic (exact) mass is 386 g/mol. The Labute approximate surface area is 164 Å². The number of quaternary nitrogens is 2. The first-order valence-corrected chi connectivity index (χ1v) is 9.57. The van der Waals surface area contributed by atoms with Gasteiger partial charge in [0.2, 0.25) is 0 Å². The predicted octanol–water partition coefficient (Wildman–Crippen LogP) is -0.505. The van der Waals surface area contributed by atoms with Crippen LogP contribution in [0.25, 0.3) is 0 Å². The fourth-order valence-electron chi connectivity index (χ4n) is 3.43. The van der Waals surface area contributed by atoms with E-state index < -0.39 is 0 Å². The smallest absolute Gasteiger partial charge is 0.279 e. The van der Waals surface area contributed by atoms with E-state index in [1.54, 1.807) is 12.1 Å². The zero-order valence-electron chi connectivity index (χ0n) is 16.1. The number of nitrogens with one attached hydrogen (secondary N) is 4. The van der Waals surface area contributed by atoms with E-state index in [2.05, 4.69) is 10.6 Å². The minimum absolute atomic E-state index is 0.0121. The summed E-state index contributed by atoms with van der Waals surface area (Å²) in [6, 6.07) is 13.5. The summed E-state index contributed by atoms with van der Waals surface area (Å²) in [5.41, 5.74) is 2.54. The highest BCUT2D eigenvalue weighted by Crippen LogP contribution is 2.09. The van der Waals surface area contributed by atoms with Crippen LogP contribution in [0.15, 0.2) is 48.5 Å². The third kappa shape index (κ3) is 6.14. The third-order valence-electron chi connectivity index (χ3n) is 4.92. The van der Waals surface area contributed by atoms with E-state index in [-0.39, 0.29) is 17.6 Å². The molecular weight excluding hydrogens is 359 g/mol. The van der Waals surface area contributed by atoms with Gasteiger partial charge in [-0.25, -0.2) is 4.39 Å². The average molecular weight is 386 g/mol. The fraction of sp³-hybridized carbons (Fsp3) is 0.333. The normalized spacial score (nSPS) is 19.1. The first-order valence-electron chi connectivity index (χ1n) is 9.57. The summed E-state index contributed by atoms with van der Waals surface area (Å²) in [5, 5.41) is 5.74. The zero-order valence-corrected chi connectivity index (χ0v) is 16.1. The summed E-state index contributed by atoms with van der Waals surface area (Å²) in [4.78, 5) is 26.8. The molecule has 0 aromatic heterocycles. The Kier molecular flexibility index (Phi) is 6.73. The number of rotatable bonds is 6. The number of piperazine rings is 1. The molecule has 28 heavy (non-hydrogen) atoms. The van der Waals surface area contributed by atoms with E-state index in [1.165, 1.54) is 21.9 Å². The predicted molar refractivity (Wildman–Crippen MR) is 106 cm³/mol. The maximum Gasteiger partial charge on any atom is 0.279 e. The van der Waals surface area contributed by atoms with Crippen molar-refractivity contribution in [3.8, 4) is 0 Å². The van der Waals surface area contributed by atoms with Crippen LogP contribution in [0.2, 0.25) is 0 Å². The number of hydrogen-bond acceptors (Lipinski definition) is 2. The van der Waals surface area contributed by atoms with Crippen molar-refractivity contribution >= 4 is 23.2 Å². The van der Waals surface area contributed by atoms with Gasteiger partial charge in [0, 0.05) is 11.4 Å². The molecule has 0 radical (unpaired) electrons. The summed E-state index contributed by atoms with van der Waals surface area (Å²) in [6.45, 7) is 6.17. The second-order valence-electron chi connectivity index (χ2n) is 7.33. The van der Waals surface area contributed by atoms with Crippen molar-refractivity contribution in [3.63, 3.8) is 0 Å². The molecule has 6 nitrogen and oxygen atoms in total. The molecule has 0 unspecified atom stereocenters. The number of halogens is 1. The van der Waals surface area contributed by atoms with Gasteiger partial charge >= 0.3 is 0 Å². The standard InChI is InChI=1S/C21H25FN4O2/c1-16-3-2-4-19(13-16)24-21(28)15-26-11-9-25(10-12-26)14-20(27)23-18-7-5-17(22)6-8-18/h2-8,13H,9-12,14-15H2,1H3,(H,23,27)(H,24,28)/p+2. The molecule has 2 amide bonds. The molecule has 1 heterocycles. The van der Waals surface area contributed by atoms with Crippen LogP contribution < -0.4 is 20.4 Å². The maximum atomic E-state index is 12.9. The van der Waals surface area contributed by atoms with Crippen LogP contribution in [-0.4, -0.2) is 51.1 Å². The summed E-state index contributed by atoms with van der Waals surface area (Å²) >= 11 is 0. The Morgan fingerprint density at radius 2 is 1.39 bits per heavy atom. The van der Waals surface area contributed by atoms with Gasteiger partial charge in [0.05, 0.1) is 0 Å². The van der Waals surface area contributed by atoms with Crippen LogP contribution in [0, 0.1) is 12.7 Å². The number of amides is 2. The van der Waals surface area contributed by atoms with Crippen molar-refractivity contribution in [3.05, 3.63) is 59.9 Å². The van der Waals surface area contributed by atoms with Crippen molar-refractivity contribution in [2.45, 2.75) is 6.92 Å². The summed E-state index contributed by atoms with van der Waals surface area (Å²) < 4.78 is 12.9. The van der Waals surface area contributed by atoms with Gasteiger partial charge in [0.15, 0.2) is 13.1 Å². The van der Waals surface area contributed by atoms with Crippen molar-refractivity contribution in [1.82, 2.24) is 0 Å².